The molecular formula is C53H35N3. The van der Waals surface area contributed by atoms with E-state index in [0.29, 0.717) is 5.82 Å². The summed E-state index contributed by atoms with van der Waals surface area (Å²) in [5.41, 5.74) is 14.6. The highest BCUT2D eigenvalue weighted by molar-refractivity contribution is 6.16. The Bertz CT molecular complexity index is 2920. The van der Waals surface area contributed by atoms with E-state index in [-0.39, 0.29) is 0 Å². The van der Waals surface area contributed by atoms with Gasteiger partial charge in [0.1, 0.15) is 0 Å². The summed E-state index contributed by atoms with van der Waals surface area (Å²) < 4.78 is 0. The van der Waals surface area contributed by atoms with Gasteiger partial charge in [0.15, 0.2) is 5.82 Å². The van der Waals surface area contributed by atoms with Gasteiger partial charge in [0.05, 0.1) is 22.6 Å². The van der Waals surface area contributed by atoms with Crippen molar-refractivity contribution >= 4 is 21.7 Å². The van der Waals surface area contributed by atoms with E-state index in [9.17, 15) is 0 Å². The summed E-state index contributed by atoms with van der Waals surface area (Å²) >= 11 is 0. The Morgan fingerprint density at radius 3 is 1.27 bits per heavy atom. The largest absolute Gasteiger partial charge is 0.248 e. The van der Waals surface area contributed by atoms with Gasteiger partial charge in [-0.3, -0.25) is 0 Å². The van der Waals surface area contributed by atoms with Crippen LogP contribution in [0.1, 0.15) is 0 Å². The van der Waals surface area contributed by atoms with Crippen LogP contribution in [0.25, 0.3) is 100 Å². The Labute approximate surface area is 326 Å². The van der Waals surface area contributed by atoms with Crippen molar-refractivity contribution in [2.75, 3.05) is 0 Å². The molecule has 0 unspecified atom stereocenters. The van der Waals surface area contributed by atoms with Crippen molar-refractivity contribution in [2.24, 2.45) is 0 Å². The number of aromatic nitrogens is 3. The van der Waals surface area contributed by atoms with Crippen molar-refractivity contribution in [1.82, 2.24) is 15.0 Å². The second-order valence-electron chi connectivity index (χ2n) is 14.0. The minimum atomic E-state index is 0.674. The third-order valence-corrected chi connectivity index (χ3v) is 10.5. The normalized spacial score (nSPS) is 11.2. The van der Waals surface area contributed by atoms with Crippen LogP contribution in [0.15, 0.2) is 212 Å². The fourth-order valence-electron chi connectivity index (χ4n) is 7.73. The van der Waals surface area contributed by atoms with Crippen LogP contribution in [-0.2, 0) is 0 Å². The summed E-state index contributed by atoms with van der Waals surface area (Å²) in [5, 5.41) is 3.29. The molecule has 0 aliphatic carbocycles. The van der Waals surface area contributed by atoms with Gasteiger partial charge in [-0.15, -0.1) is 0 Å². The minimum absolute atomic E-state index is 0.674. The number of rotatable bonds is 7. The fourth-order valence-corrected chi connectivity index (χ4v) is 7.73. The molecule has 0 amide bonds. The molecule has 8 aromatic carbocycles. The van der Waals surface area contributed by atoms with Crippen LogP contribution < -0.4 is 0 Å². The first kappa shape index (κ1) is 33.1. The van der Waals surface area contributed by atoms with Gasteiger partial charge in [0, 0.05) is 27.6 Å². The second kappa shape index (κ2) is 14.4. The highest BCUT2D eigenvalue weighted by atomic mass is 14.9. The molecule has 3 heteroatoms. The predicted molar refractivity (Wildman–Crippen MR) is 233 cm³/mol. The van der Waals surface area contributed by atoms with Crippen molar-refractivity contribution < 1.29 is 0 Å². The Hall–Kier alpha value is -7.49. The standard InChI is InChI=1S/C53H35N3/c1-6-17-36(18-7-1)41-31-42(37-19-8-2-9-20-37)33-43(32-41)51-35-50(40-25-14-5-15-26-40)55-53(56-51)46-28-16-27-45-44(46)29-30-48-52(45)47(38-21-10-3-11-22-38)34-49(54-48)39-23-12-4-13-24-39/h1-35H. The molecule has 262 valence electrons. The van der Waals surface area contributed by atoms with Crippen LogP contribution in [0.2, 0.25) is 0 Å². The van der Waals surface area contributed by atoms with E-state index in [0.717, 1.165) is 94.4 Å². The molecule has 0 N–H and O–H groups in total. The highest BCUT2D eigenvalue weighted by Gasteiger charge is 2.18. The summed E-state index contributed by atoms with van der Waals surface area (Å²) in [5.74, 6) is 0.674. The first-order chi connectivity index (χ1) is 27.7. The summed E-state index contributed by atoms with van der Waals surface area (Å²) in [6, 6.07) is 74.5. The molecule has 3 nitrogen and oxygen atoms in total. The van der Waals surface area contributed by atoms with E-state index in [1.165, 1.54) is 0 Å². The lowest BCUT2D eigenvalue weighted by molar-refractivity contribution is 1.19. The van der Waals surface area contributed by atoms with E-state index >= 15 is 0 Å². The summed E-state index contributed by atoms with van der Waals surface area (Å²) in [4.78, 5) is 15.9. The van der Waals surface area contributed by atoms with E-state index in [1.54, 1.807) is 0 Å². The van der Waals surface area contributed by atoms with Gasteiger partial charge in [-0.1, -0.05) is 176 Å². The molecule has 0 spiro atoms. The zero-order valence-electron chi connectivity index (χ0n) is 30.5. The second-order valence-corrected chi connectivity index (χ2v) is 14.0. The summed E-state index contributed by atoms with van der Waals surface area (Å²) in [6.07, 6.45) is 0. The number of fused-ring (bicyclic) bond motifs is 3. The zero-order valence-corrected chi connectivity index (χ0v) is 30.5. The van der Waals surface area contributed by atoms with Crippen LogP contribution in [0.4, 0.5) is 0 Å². The number of hydrogen-bond acceptors (Lipinski definition) is 3. The average Bonchev–Trinajstić information content (AvgIpc) is 3.29. The first-order valence-corrected chi connectivity index (χ1v) is 18.9. The van der Waals surface area contributed by atoms with Gasteiger partial charge >= 0.3 is 0 Å². The Morgan fingerprint density at radius 1 is 0.250 bits per heavy atom. The van der Waals surface area contributed by atoms with Crippen LogP contribution in [0, 0.1) is 0 Å². The van der Waals surface area contributed by atoms with Gasteiger partial charge in [-0.25, -0.2) is 15.0 Å². The molecule has 0 aliphatic heterocycles. The van der Waals surface area contributed by atoms with E-state index in [2.05, 4.69) is 200 Å². The van der Waals surface area contributed by atoms with Gasteiger partial charge in [0.25, 0.3) is 0 Å². The molecule has 10 rings (SSSR count). The van der Waals surface area contributed by atoms with Crippen molar-refractivity contribution in [2.45, 2.75) is 0 Å². The fraction of sp³-hybridized carbons (Fsp3) is 0. The highest BCUT2D eigenvalue weighted by Crippen LogP contribution is 2.40. The van der Waals surface area contributed by atoms with E-state index in [4.69, 9.17) is 15.0 Å². The quantitative estimate of drug-likeness (QED) is 0.154. The summed E-state index contributed by atoms with van der Waals surface area (Å²) in [7, 11) is 0. The average molecular weight is 714 g/mol. The number of benzene rings is 8. The van der Waals surface area contributed by atoms with Crippen LogP contribution in [0.3, 0.4) is 0 Å². The minimum Gasteiger partial charge on any atom is -0.248 e. The lowest BCUT2D eigenvalue weighted by atomic mass is 9.92. The molecule has 0 aliphatic rings. The zero-order chi connectivity index (χ0) is 37.3. The van der Waals surface area contributed by atoms with Crippen LogP contribution in [-0.4, -0.2) is 15.0 Å². The topological polar surface area (TPSA) is 38.7 Å². The third-order valence-electron chi connectivity index (χ3n) is 10.5. The number of nitrogens with zero attached hydrogens (tertiary/aromatic N) is 3. The van der Waals surface area contributed by atoms with Crippen LogP contribution >= 0.6 is 0 Å². The SMILES string of the molecule is c1ccc(-c2cc(-c3ccccc3)cc(-c3cc(-c4ccccc4)nc(-c4cccc5c4ccc4nc(-c6ccccc6)cc(-c6ccccc6)c45)n3)c2)cc1. The molecule has 0 fully saturated rings. The Balaban J connectivity index is 1.21. The van der Waals surface area contributed by atoms with Gasteiger partial charge in [0.2, 0.25) is 0 Å². The van der Waals surface area contributed by atoms with Crippen LogP contribution in [0.5, 0.6) is 0 Å². The molecule has 0 radical (unpaired) electrons. The smallest absolute Gasteiger partial charge is 0.161 e. The predicted octanol–water partition coefficient (Wildman–Crippen LogP) is 13.8. The van der Waals surface area contributed by atoms with Gasteiger partial charge < -0.3 is 0 Å². The molecule has 10 aromatic rings. The molecule has 0 saturated heterocycles. The third kappa shape index (κ3) is 6.31. The lowest BCUT2D eigenvalue weighted by Gasteiger charge is -2.16. The van der Waals surface area contributed by atoms with Gasteiger partial charge in [-0.2, -0.15) is 0 Å². The number of hydrogen-bond donors (Lipinski definition) is 0. The number of pyridine rings is 1. The maximum atomic E-state index is 5.41. The molecule has 0 atom stereocenters. The maximum Gasteiger partial charge on any atom is 0.161 e. The van der Waals surface area contributed by atoms with Crippen molar-refractivity contribution in [3.63, 3.8) is 0 Å². The van der Waals surface area contributed by atoms with E-state index in [1.807, 2.05) is 12.1 Å². The molecular weight excluding hydrogens is 679 g/mol. The first-order valence-electron chi connectivity index (χ1n) is 18.9. The van der Waals surface area contributed by atoms with Crippen molar-refractivity contribution in [3.05, 3.63) is 212 Å². The maximum absolute atomic E-state index is 5.41. The molecule has 56 heavy (non-hydrogen) atoms. The monoisotopic (exact) mass is 713 g/mol. The molecule has 0 bridgehead atoms. The Kier molecular flexibility index (Phi) is 8.51. The molecule has 0 saturated carbocycles. The lowest BCUT2D eigenvalue weighted by Crippen LogP contribution is -1.98. The van der Waals surface area contributed by atoms with Crippen molar-refractivity contribution in [1.29, 1.82) is 0 Å². The molecule has 2 heterocycles. The summed E-state index contributed by atoms with van der Waals surface area (Å²) in [6.45, 7) is 0. The Morgan fingerprint density at radius 2 is 0.714 bits per heavy atom. The van der Waals surface area contributed by atoms with E-state index < -0.39 is 0 Å². The van der Waals surface area contributed by atoms with Crippen molar-refractivity contribution in [3.8, 4) is 78.5 Å². The van der Waals surface area contributed by atoms with Gasteiger partial charge in [-0.05, 0) is 80.6 Å². The molecule has 2 aromatic heterocycles.